The van der Waals surface area contributed by atoms with Gasteiger partial charge in [-0.25, -0.2) is 4.79 Å². The molecule has 0 saturated carbocycles. The summed E-state index contributed by atoms with van der Waals surface area (Å²) in [5.41, 5.74) is 0.486. The lowest BCUT2D eigenvalue weighted by molar-refractivity contribution is -0.118. The number of halogens is 1. The molecule has 0 atom stereocenters. The molecule has 0 unspecified atom stereocenters. The first-order chi connectivity index (χ1) is 11.1. The molecular weight excluding hydrogens is 318 g/mol. The van der Waals surface area contributed by atoms with Crippen LogP contribution in [0.3, 0.4) is 0 Å². The highest BCUT2D eigenvalue weighted by molar-refractivity contribution is 6.33. The Bertz CT molecular complexity index is 920. The third-order valence-electron chi connectivity index (χ3n) is 3.11. The molecule has 2 aromatic carbocycles. The van der Waals surface area contributed by atoms with Crippen LogP contribution in [0.5, 0.6) is 5.75 Å². The van der Waals surface area contributed by atoms with Gasteiger partial charge in [0.1, 0.15) is 11.3 Å². The van der Waals surface area contributed by atoms with E-state index in [1.54, 1.807) is 48.5 Å². The van der Waals surface area contributed by atoms with E-state index in [4.69, 9.17) is 20.8 Å². The molecule has 0 saturated heterocycles. The molecule has 0 radical (unpaired) electrons. The molecule has 0 spiro atoms. The number of carbonyl (C=O) groups excluding carboxylic acids is 1. The Morgan fingerprint density at radius 1 is 1.13 bits per heavy atom. The third-order valence-corrected chi connectivity index (χ3v) is 3.44. The zero-order valence-corrected chi connectivity index (χ0v) is 12.7. The first-order valence-electron chi connectivity index (χ1n) is 6.83. The van der Waals surface area contributed by atoms with Gasteiger partial charge in [-0.05, 0) is 30.3 Å². The van der Waals surface area contributed by atoms with Crippen molar-refractivity contribution < 1.29 is 13.9 Å². The number of hydrogen-bond donors (Lipinski definition) is 1. The SMILES string of the molecule is O=C(COc1ccc2ccc(=O)oc2c1)Nc1ccccc1Cl. The summed E-state index contributed by atoms with van der Waals surface area (Å²) in [6, 6.07) is 15.0. The fourth-order valence-corrected chi connectivity index (χ4v) is 2.21. The number of amides is 1. The molecule has 6 heteroatoms. The quantitative estimate of drug-likeness (QED) is 0.744. The lowest BCUT2D eigenvalue weighted by atomic mass is 10.2. The van der Waals surface area contributed by atoms with Crippen LogP contribution in [0.2, 0.25) is 5.02 Å². The number of ether oxygens (including phenoxy) is 1. The maximum absolute atomic E-state index is 11.9. The van der Waals surface area contributed by atoms with E-state index in [9.17, 15) is 9.59 Å². The van der Waals surface area contributed by atoms with Crippen molar-refractivity contribution in [2.45, 2.75) is 0 Å². The van der Waals surface area contributed by atoms with Crippen LogP contribution in [0.15, 0.2) is 63.8 Å². The van der Waals surface area contributed by atoms with Crippen molar-refractivity contribution in [3.63, 3.8) is 0 Å². The number of anilines is 1. The number of nitrogens with one attached hydrogen (secondary N) is 1. The lowest BCUT2D eigenvalue weighted by Gasteiger charge is -2.09. The highest BCUT2D eigenvalue weighted by Gasteiger charge is 2.07. The number of rotatable bonds is 4. The molecule has 0 aliphatic carbocycles. The van der Waals surface area contributed by atoms with Gasteiger partial charge >= 0.3 is 5.63 Å². The third kappa shape index (κ3) is 3.70. The molecule has 5 nitrogen and oxygen atoms in total. The van der Waals surface area contributed by atoms with Crippen LogP contribution in [0, 0.1) is 0 Å². The minimum atomic E-state index is -0.439. The first kappa shape index (κ1) is 15.1. The van der Waals surface area contributed by atoms with Crippen molar-refractivity contribution in [3.05, 3.63) is 70.0 Å². The zero-order chi connectivity index (χ0) is 16.2. The van der Waals surface area contributed by atoms with Gasteiger partial charge in [0.25, 0.3) is 5.91 Å². The molecule has 1 aromatic heterocycles. The monoisotopic (exact) mass is 329 g/mol. The van der Waals surface area contributed by atoms with Gasteiger partial charge in [-0.1, -0.05) is 23.7 Å². The predicted octanol–water partition coefficient (Wildman–Crippen LogP) is 3.46. The Labute approximate surface area is 136 Å². The van der Waals surface area contributed by atoms with Gasteiger partial charge in [0.05, 0.1) is 10.7 Å². The average molecular weight is 330 g/mol. The van der Waals surface area contributed by atoms with E-state index in [2.05, 4.69) is 5.32 Å². The smallest absolute Gasteiger partial charge is 0.336 e. The number of para-hydroxylation sites is 1. The summed E-state index contributed by atoms with van der Waals surface area (Å²) in [5, 5.41) is 3.89. The molecule has 0 fully saturated rings. The first-order valence-corrected chi connectivity index (χ1v) is 7.21. The van der Waals surface area contributed by atoms with Gasteiger partial charge < -0.3 is 14.5 Å². The van der Waals surface area contributed by atoms with E-state index in [1.165, 1.54) is 6.07 Å². The Balaban J connectivity index is 1.67. The van der Waals surface area contributed by atoms with Crippen LogP contribution in [0.4, 0.5) is 5.69 Å². The standard InChI is InChI=1S/C17H12ClNO4/c18-13-3-1-2-4-14(13)19-16(20)10-22-12-7-5-11-6-8-17(21)23-15(11)9-12/h1-9H,10H2,(H,19,20). The minimum Gasteiger partial charge on any atom is -0.484 e. The fourth-order valence-electron chi connectivity index (χ4n) is 2.03. The van der Waals surface area contributed by atoms with Crippen molar-refractivity contribution in [3.8, 4) is 5.75 Å². The molecule has 0 bridgehead atoms. The van der Waals surface area contributed by atoms with E-state index in [1.807, 2.05) is 0 Å². The highest BCUT2D eigenvalue weighted by atomic mass is 35.5. The van der Waals surface area contributed by atoms with Crippen LogP contribution in [-0.2, 0) is 4.79 Å². The average Bonchev–Trinajstić information content (AvgIpc) is 2.54. The topological polar surface area (TPSA) is 68.5 Å². The van der Waals surface area contributed by atoms with Gasteiger partial charge in [0.15, 0.2) is 6.61 Å². The molecule has 3 rings (SSSR count). The van der Waals surface area contributed by atoms with E-state index < -0.39 is 5.63 Å². The summed E-state index contributed by atoms with van der Waals surface area (Å²) >= 11 is 5.97. The lowest BCUT2D eigenvalue weighted by Crippen LogP contribution is -2.20. The Kier molecular flexibility index (Phi) is 4.30. The second-order valence-electron chi connectivity index (χ2n) is 4.77. The van der Waals surface area contributed by atoms with Crippen molar-refractivity contribution in [2.75, 3.05) is 11.9 Å². The second kappa shape index (κ2) is 6.54. The van der Waals surface area contributed by atoms with Crippen molar-refractivity contribution >= 4 is 34.2 Å². The van der Waals surface area contributed by atoms with Gasteiger partial charge in [-0.3, -0.25) is 4.79 Å². The molecule has 1 N–H and O–H groups in total. The van der Waals surface area contributed by atoms with Crippen molar-refractivity contribution in [1.29, 1.82) is 0 Å². The molecule has 1 amide bonds. The molecular formula is C17H12ClNO4. The van der Waals surface area contributed by atoms with Crippen LogP contribution >= 0.6 is 11.6 Å². The molecule has 116 valence electrons. The van der Waals surface area contributed by atoms with E-state index in [-0.39, 0.29) is 12.5 Å². The maximum atomic E-state index is 11.9. The number of fused-ring (bicyclic) bond motifs is 1. The van der Waals surface area contributed by atoms with E-state index in [0.29, 0.717) is 22.0 Å². The summed E-state index contributed by atoms with van der Waals surface area (Å²) < 4.78 is 10.5. The molecule has 0 aliphatic rings. The van der Waals surface area contributed by atoms with Gasteiger partial charge in [-0.15, -0.1) is 0 Å². The van der Waals surface area contributed by atoms with E-state index >= 15 is 0 Å². The Morgan fingerprint density at radius 2 is 1.91 bits per heavy atom. The van der Waals surface area contributed by atoms with Crippen molar-refractivity contribution in [2.24, 2.45) is 0 Å². The highest BCUT2D eigenvalue weighted by Crippen LogP contribution is 2.21. The number of hydrogen-bond acceptors (Lipinski definition) is 4. The van der Waals surface area contributed by atoms with E-state index in [0.717, 1.165) is 5.39 Å². The fraction of sp³-hybridized carbons (Fsp3) is 0.0588. The summed E-state index contributed by atoms with van der Waals surface area (Å²) in [5.74, 6) is 0.0915. The Morgan fingerprint density at radius 3 is 2.74 bits per heavy atom. The van der Waals surface area contributed by atoms with Crippen LogP contribution < -0.4 is 15.7 Å². The Hall–Kier alpha value is -2.79. The normalized spacial score (nSPS) is 10.5. The predicted molar refractivity (Wildman–Crippen MR) is 88.1 cm³/mol. The molecule has 1 heterocycles. The molecule has 3 aromatic rings. The van der Waals surface area contributed by atoms with Gasteiger partial charge in [0, 0.05) is 17.5 Å². The number of benzene rings is 2. The van der Waals surface area contributed by atoms with Crippen LogP contribution in [0.25, 0.3) is 11.0 Å². The summed E-state index contributed by atoms with van der Waals surface area (Å²) in [6.07, 6.45) is 0. The summed E-state index contributed by atoms with van der Waals surface area (Å²) in [4.78, 5) is 23.1. The maximum Gasteiger partial charge on any atom is 0.336 e. The zero-order valence-electron chi connectivity index (χ0n) is 11.9. The minimum absolute atomic E-state index is 0.187. The van der Waals surface area contributed by atoms with Gasteiger partial charge in [0.2, 0.25) is 0 Å². The molecule has 0 aliphatic heterocycles. The summed E-state index contributed by atoms with van der Waals surface area (Å²) in [6.45, 7) is -0.187. The largest absolute Gasteiger partial charge is 0.484 e. The number of carbonyl (C=O) groups is 1. The van der Waals surface area contributed by atoms with Crippen molar-refractivity contribution in [1.82, 2.24) is 0 Å². The molecule has 23 heavy (non-hydrogen) atoms. The second-order valence-corrected chi connectivity index (χ2v) is 5.18. The summed E-state index contributed by atoms with van der Waals surface area (Å²) in [7, 11) is 0. The van der Waals surface area contributed by atoms with Gasteiger partial charge in [-0.2, -0.15) is 0 Å². The van der Waals surface area contributed by atoms with Crippen LogP contribution in [0.1, 0.15) is 0 Å². The van der Waals surface area contributed by atoms with Crippen LogP contribution in [-0.4, -0.2) is 12.5 Å².